The number of carbonyl (C=O) groups is 1. The van der Waals surface area contributed by atoms with Crippen LogP contribution in [0.1, 0.15) is 28.5 Å². The van der Waals surface area contributed by atoms with Gasteiger partial charge in [-0.3, -0.25) is 4.79 Å². The van der Waals surface area contributed by atoms with Crippen LogP contribution in [0.4, 0.5) is 17.6 Å². The maximum atomic E-state index is 13.4. The van der Waals surface area contributed by atoms with E-state index in [0.29, 0.717) is 11.1 Å². The summed E-state index contributed by atoms with van der Waals surface area (Å²) in [6, 6.07) is 4.97. The van der Waals surface area contributed by atoms with Crippen LogP contribution >= 0.6 is 0 Å². The number of aryl methyl sites for hydroxylation is 1. The third kappa shape index (κ3) is 3.51. The van der Waals surface area contributed by atoms with E-state index in [9.17, 15) is 27.6 Å². The first-order valence-electron chi connectivity index (χ1n) is 8.05. The van der Waals surface area contributed by atoms with Gasteiger partial charge in [0.2, 0.25) is 0 Å². The van der Waals surface area contributed by atoms with Gasteiger partial charge in [0.1, 0.15) is 11.9 Å². The van der Waals surface area contributed by atoms with Crippen LogP contribution in [-0.2, 0) is 0 Å². The van der Waals surface area contributed by atoms with E-state index in [0.717, 1.165) is 29.8 Å². The summed E-state index contributed by atoms with van der Waals surface area (Å²) in [6.07, 6.45) is -3.48. The Labute approximate surface area is 156 Å². The number of halogens is 4. The van der Waals surface area contributed by atoms with Gasteiger partial charge in [-0.1, -0.05) is 0 Å². The standard InChI is InChI=1S/C18H13F4N5O/c1-9-5-14(13-4-3-12(19)6-11(13)7-23)26-27-15(8-24-16(9)27)17(28)25-10(2)18(20,21)22/h3-6,8,10H,1-2H3,(H,25,28)/t10-/m1/s1. The summed E-state index contributed by atoms with van der Waals surface area (Å²) in [5.41, 5.74) is 1.24. The molecule has 28 heavy (non-hydrogen) atoms. The van der Waals surface area contributed by atoms with Crippen LogP contribution < -0.4 is 5.32 Å². The van der Waals surface area contributed by atoms with Gasteiger partial charge in [-0.25, -0.2) is 13.9 Å². The molecule has 6 nitrogen and oxygen atoms in total. The Balaban J connectivity index is 2.10. The number of imidazole rings is 1. The molecule has 1 atom stereocenters. The molecule has 0 aliphatic carbocycles. The van der Waals surface area contributed by atoms with Crippen LogP contribution in [0.5, 0.6) is 0 Å². The molecule has 0 unspecified atom stereocenters. The topological polar surface area (TPSA) is 83.1 Å². The van der Waals surface area contributed by atoms with Crippen LogP contribution in [0.25, 0.3) is 16.9 Å². The molecule has 2 aromatic heterocycles. The summed E-state index contributed by atoms with van der Waals surface area (Å²) in [6.45, 7) is 2.49. The van der Waals surface area contributed by atoms with Gasteiger partial charge >= 0.3 is 6.18 Å². The van der Waals surface area contributed by atoms with Crippen molar-refractivity contribution in [3.8, 4) is 17.3 Å². The van der Waals surface area contributed by atoms with Crippen LogP contribution in [0.2, 0.25) is 0 Å². The van der Waals surface area contributed by atoms with Gasteiger partial charge < -0.3 is 5.32 Å². The first-order chi connectivity index (χ1) is 13.1. The first-order valence-corrected chi connectivity index (χ1v) is 8.05. The summed E-state index contributed by atoms with van der Waals surface area (Å²) >= 11 is 0. The second-order valence-corrected chi connectivity index (χ2v) is 6.13. The fourth-order valence-corrected chi connectivity index (χ4v) is 2.59. The van der Waals surface area contributed by atoms with Crippen molar-refractivity contribution in [2.24, 2.45) is 0 Å². The maximum Gasteiger partial charge on any atom is 0.408 e. The lowest BCUT2D eigenvalue weighted by Gasteiger charge is -2.16. The lowest BCUT2D eigenvalue weighted by molar-refractivity contribution is -0.149. The fraction of sp³-hybridized carbons (Fsp3) is 0.222. The van der Waals surface area contributed by atoms with Gasteiger partial charge in [0.15, 0.2) is 11.3 Å². The van der Waals surface area contributed by atoms with Gasteiger partial charge in [0.25, 0.3) is 5.91 Å². The Morgan fingerprint density at radius 3 is 2.68 bits per heavy atom. The van der Waals surface area contributed by atoms with Crippen molar-refractivity contribution < 1.29 is 22.4 Å². The molecule has 0 fully saturated rings. The van der Waals surface area contributed by atoms with E-state index in [4.69, 9.17) is 0 Å². The largest absolute Gasteiger partial charge is 0.408 e. The Bertz CT molecular complexity index is 1110. The quantitative estimate of drug-likeness (QED) is 0.694. The highest BCUT2D eigenvalue weighted by atomic mass is 19.4. The number of alkyl halides is 3. The Morgan fingerprint density at radius 2 is 2.04 bits per heavy atom. The maximum absolute atomic E-state index is 13.4. The number of aromatic nitrogens is 3. The molecule has 3 rings (SSSR count). The van der Waals surface area contributed by atoms with Gasteiger partial charge in [-0.15, -0.1) is 0 Å². The molecule has 0 radical (unpaired) electrons. The van der Waals surface area contributed by atoms with E-state index in [1.807, 2.05) is 11.4 Å². The number of fused-ring (bicyclic) bond motifs is 1. The second-order valence-electron chi connectivity index (χ2n) is 6.13. The molecule has 144 valence electrons. The number of nitrogens with one attached hydrogen (secondary N) is 1. The van der Waals surface area contributed by atoms with E-state index < -0.39 is 23.9 Å². The number of benzene rings is 1. The summed E-state index contributed by atoms with van der Waals surface area (Å²) in [4.78, 5) is 16.3. The minimum Gasteiger partial charge on any atom is -0.339 e. The molecule has 3 aromatic rings. The molecular formula is C18H13F4N5O. The van der Waals surface area contributed by atoms with Gasteiger partial charge in [-0.2, -0.15) is 23.5 Å². The lowest BCUT2D eigenvalue weighted by Crippen LogP contribution is -2.43. The minimum atomic E-state index is -4.60. The number of amides is 1. The zero-order valence-corrected chi connectivity index (χ0v) is 14.7. The van der Waals surface area contributed by atoms with E-state index >= 15 is 0 Å². The molecule has 0 aliphatic heterocycles. The van der Waals surface area contributed by atoms with Gasteiger partial charge in [0, 0.05) is 5.56 Å². The molecule has 2 heterocycles. The van der Waals surface area contributed by atoms with E-state index in [2.05, 4.69) is 10.1 Å². The molecule has 1 amide bonds. The van der Waals surface area contributed by atoms with Crippen molar-refractivity contribution in [3.05, 3.63) is 53.1 Å². The molecule has 0 saturated carbocycles. The lowest BCUT2D eigenvalue weighted by atomic mass is 10.0. The van der Waals surface area contributed by atoms with Crippen LogP contribution in [-0.4, -0.2) is 32.7 Å². The predicted molar refractivity (Wildman–Crippen MR) is 90.8 cm³/mol. The Morgan fingerprint density at radius 1 is 1.32 bits per heavy atom. The number of nitriles is 1. The van der Waals surface area contributed by atoms with Crippen LogP contribution in [0.3, 0.4) is 0 Å². The number of hydrogen-bond donors (Lipinski definition) is 1. The van der Waals surface area contributed by atoms with Crippen molar-refractivity contribution >= 4 is 11.6 Å². The summed E-state index contributed by atoms with van der Waals surface area (Å²) < 4.78 is 52.6. The molecule has 10 heteroatoms. The second kappa shape index (κ2) is 6.92. The third-order valence-corrected chi connectivity index (χ3v) is 4.10. The van der Waals surface area contributed by atoms with E-state index in [1.54, 1.807) is 13.0 Å². The molecule has 1 aromatic carbocycles. The number of nitrogens with zero attached hydrogens (tertiary/aromatic N) is 4. The Hall–Kier alpha value is -3.48. The highest BCUT2D eigenvalue weighted by molar-refractivity contribution is 5.93. The molecule has 1 N–H and O–H groups in total. The minimum absolute atomic E-state index is 0.0306. The first kappa shape index (κ1) is 19.3. The average molecular weight is 391 g/mol. The van der Waals surface area contributed by atoms with Crippen molar-refractivity contribution in [2.75, 3.05) is 0 Å². The highest BCUT2D eigenvalue weighted by Gasteiger charge is 2.37. The average Bonchev–Trinajstić information content (AvgIpc) is 3.05. The SMILES string of the molecule is Cc1cc(-c2ccc(F)cc2C#N)nn2c(C(=O)N[C@H](C)C(F)(F)F)cnc12. The normalized spacial score (nSPS) is 12.6. The predicted octanol–water partition coefficient (Wildman–Crippen LogP) is 3.40. The van der Waals surface area contributed by atoms with Crippen molar-refractivity contribution in [1.29, 1.82) is 5.26 Å². The zero-order valence-electron chi connectivity index (χ0n) is 14.7. The van der Waals surface area contributed by atoms with Crippen LogP contribution in [0.15, 0.2) is 30.5 Å². The molecule has 0 aliphatic rings. The Kier molecular flexibility index (Phi) is 4.77. The van der Waals surface area contributed by atoms with Gasteiger partial charge in [-0.05, 0) is 43.7 Å². The van der Waals surface area contributed by atoms with Crippen molar-refractivity contribution in [2.45, 2.75) is 26.1 Å². The summed E-state index contributed by atoms with van der Waals surface area (Å²) in [5.74, 6) is -1.59. The molecule has 0 bridgehead atoms. The third-order valence-electron chi connectivity index (χ3n) is 4.10. The zero-order chi connectivity index (χ0) is 20.6. The van der Waals surface area contributed by atoms with Crippen molar-refractivity contribution in [1.82, 2.24) is 19.9 Å². The monoisotopic (exact) mass is 391 g/mol. The number of hydrogen-bond acceptors (Lipinski definition) is 4. The van der Waals surface area contributed by atoms with Crippen molar-refractivity contribution in [3.63, 3.8) is 0 Å². The molecule has 0 spiro atoms. The van der Waals surface area contributed by atoms with E-state index in [1.165, 1.54) is 6.07 Å². The summed E-state index contributed by atoms with van der Waals surface area (Å²) in [7, 11) is 0. The van der Waals surface area contributed by atoms with Gasteiger partial charge in [0.05, 0.1) is 23.5 Å². The number of carbonyl (C=O) groups excluding carboxylic acids is 1. The summed E-state index contributed by atoms with van der Waals surface area (Å²) in [5, 5.41) is 15.3. The fourth-order valence-electron chi connectivity index (χ4n) is 2.59. The molecular weight excluding hydrogens is 378 g/mol. The van der Waals surface area contributed by atoms with Crippen LogP contribution in [0, 0.1) is 24.1 Å². The highest BCUT2D eigenvalue weighted by Crippen LogP contribution is 2.25. The molecule has 0 saturated heterocycles. The van der Waals surface area contributed by atoms with E-state index in [-0.39, 0.29) is 22.6 Å². The smallest absolute Gasteiger partial charge is 0.339 e. The number of rotatable bonds is 3.